The second-order valence-corrected chi connectivity index (χ2v) is 10.5. The third kappa shape index (κ3) is 5.23. The van der Waals surface area contributed by atoms with Gasteiger partial charge in [0.05, 0.1) is 24.1 Å². The molecule has 2 aliphatic rings. The highest BCUT2D eigenvalue weighted by atomic mass is 32.2. The molecule has 186 valence electrons. The standard InChI is InChI=1S/C25H29N3O6S/c1-34-20-10-6-7-17(15-20)24(30)27(18-8-4-2-3-5-9-18)22-16-23(29)28(25(22)31)19-11-13-21(14-12-19)35(26,32)33/h6-7,10-15,18,22H,2-5,8-9,16H2,1H3,(H2,26,32,33). The maximum absolute atomic E-state index is 13.8. The smallest absolute Gasteiger partial charge is 0.257 e. The molecule has 1 aliphatic carbocycles. The van der Waals surface area contributed by atoms with E-state index in [0.29, 0.717) is 11.3 Å². The van der Waals surface area contributed by atoms with E-state index in [0.717, 1.165) is 43.4 Å². The Morgan fingerprint density at radius 2 is 1.69 bits per heavy atom. The minimum absolute atomic E-state index is 0.120. The zero-order chi connectivity index (χ0) is 25.2. The number of carbonyl (C=O) groups is 3. The highest BCUT2D eigenvalue weighted by Crippen LogP contribution is 2.32. The van der Waals surface area contributed by atoms with Crippen LogP contribution in [-0.2, 0) is 19.6 Å². The van der Waals surface area contributed by atoms with Crippen molar-refractivity contribution in [3.8, 4) is 5.75 Å². The number of nitrogens with two attached hydrogens (primary N) is 1. The monoisotopic (exact) mass is 499 g/mol. The van der Waals surface area contributed by atoms with E-state index in [2.05, 4.69) is 0 Å². The second-order valence-electron chi connectivity index (χ2n) is 8.92. The molecule has 9 nitrogen and oxygen atoms in total. The van der Waals surface area contributed by atoms with Crippen molar-refractivity contribution in [3.05, 3.63) is 54.1 Å². The number of primary sulfonamides is 1. The van der Waals surface area contributed by atoms with E-state index in [1.165, 1.54) is 31.4 Å². The SMILES string of the molecule is COc1cccc(C(=O)N(C2CCCCCC2)C2CC(=O)N(c3ccc(S(N)(=O)=O)cc3)C2=O)c1. The molecule has 0 bridgehead atoms. The first kappa shape index (κ1) is 24.9. The normalized spacial score (nSPS) is 19.5. The molecule has 0 radical (unpaired) electrons. The Morgan fingerprint density at radius 1 is 1.03 bits per heavy atom. The summed E-state index contributed by atoms with van der Waals surface area (Å²) in [7, 11) is -2.39. The number of imide groups is 1. The van der Waals surface area contributed by atoms with Crippen LogP contribution in [0.25, 0.3) is 0 Å². The first-order valence-electron chi connectivity index (χ1n) is 11.7. The van der Waals surface area contributed by atoms with Crippen LogP contribution in [-0.4, -0.2) is 50.2 Å². The van der Waals surface area contributed by atoms with Crippen molar-refractivity contribution in [3.63, 3.8) is 0 Å². The van der Waals surface area contributed by atoms with Crippen LogP contribution < -0.4 is 14.8 Å². The third-order valence-corrected chi connectivity index (χ3v) is 7.58. The lowest BCUT2D eigenvalue weighted by molar-refractivity contribution is -0.123. The van der Waals surface area contributed by atoms with Crippen molar-refractivity contribution in [2.45, 2.75) is 61.9 Å². The van der Waals surface area contributed by atoms with Crippen molar-refractivity contribution in [2.24, 2.45) is 5.14 Å². The number of hydrogen-bond acceptors (Lipinski definition) is 6. The molecule has 2 N–H and O–H groups in total. The van der Waals surface area contributed by atoms with Gasteiger partial charge in [-0.3, -0.25) is 14.4 Å². The van der Waals surface area contributed by atoms with Gasteiger partial charge in [0.1, 0.15) is 11.8 Å². The zero-order valence-electron chi connectivity index (χ0n) is 19.6. The fraction of sp³-hybridized carbons (Fsp3) is 0.400. The number of nitrogens with zero attached hydrogens (tertiary/aromatic N) is 2. The highest BCUT2D eigenvalue weighted by Gasteiger charge is 2.46. The quantitative estimate of drug-likeness (QED) is 0.481. The Bertz CT molecular complexity index is 1220. The molecule has 0 spiro atoms. The topological polar surface area (TPSA) is 127 Å². The lowest BCUT2D eigenvalue weighted by Crippen LogP contribution is -2.50. The number of amides is 3. The van der Waals surface area contributed by atoms with Gasteiger partial charge in [-0.05, 0) is 55.3 Å². The lowest BCUT2D eigenvalue weighted by Gasteiger charge is -2.35. The molecule has 3 amide bonds. The molecule has 0 aromatic heterocycles. The summed E-state index contributed by atoms with van der Waals surface area (Å²) in [5, 5.41) is 5.15. The van der Waals surface area contributed by atoms with Gasteiger partial charge >= 0.3 is 0 Å². The first-order valence-corrected chi connectivity index (χ1v) is 13.2. The summed E-state index contributed by atoms with van der Waals surface area (Å²) in [6.07, 6.45) is 5.41. The van der Waals surface area contributed by atoms with Gasteiger partial charge in [-0.2, -0.15) is 0 Å². The number of methoxy groups -OCH3 is 1. The number of benzene rings is 2. The van der Waals surface area contributed by atoms with Gasteiger partial charge in [0.25, 0.3) is 11.8 Å². The largest absolute Gasteiger partial charge is 0.497 e. The van der Waals surface area contributed by atoms with Crippen molar-refractivity contribution in [1.82, 2.24) is 4.90 Å². The average molecular weight is 500 g/mol. The second kappa shape index (κ2) is 10.2. The van der Waals surface area contributed by atoms with Gasteiger partial charge in [0, 0.05) is 11.6 Å². The fourth-order valence-corrected chi connectivity index (χ4v) is 5.41. The predicted octanol–water partition coefficient (Wildman–Crippen LogP) is 2.84. The van der Waals surface area contributed by atoms with Gasteiger partial charge in [-0.15, -0.1) is 0 Å². The molecule has 1 unspecified atom stereocenters. The minimum Gasteiger partial charge on any atom is -0.497 e. The van der Waals surface area contributed by atoms with Crippen LogP contribution in [0.15, 0.2) is 53.4 Å². The molecular formula is C25H29N3O6S. The Balaban J connectivity index is 1.68. The molecule has 1 heterocycles. The maximum atomic E-state index is 13.8. The summed E-state index contributed by atoms with van der Waals surface area (Å²) in [6, 6.07) is 10.9. The maximum Gasteiger partial charge on any atom is 0.257 e. The van der Waals surface area contributed by atoms with Crippen molar-refractivity contribution >= 4 is 33.4 Å². The van der Waals surface area contributed by atoms with E-state index in [9.17, 15) is 22.8 Å². The van der Waals surface area contributed by atoms with E-state index in [-0.39, 0.29) is 29.0 Å². The number of anilines is 1. The molecule has 4 rings (SSSR count). The van der Waals surface area contributed by atoms with Crippen LogP contribution in [0.2, 0.25) is 0 Å². The van der Waals surface area contributed by atoms with Gasteiger partial charge < -0.3 is 9.64 Å². The van der Waals surface area contributed by atoms with Crippen LogP contribution in [0.4, 0.5) is 5.69 Å². The van der Waals surface area contributed by atoms with E-state index < -0.39 is 27.9 Å². The lowest BCUT2D eigenvalue weighted by atomic mass is 10.0. The Labute approximate surface area is 204 Å². The van der Waals surface area contributed by atoms with Crippen molar-refractivity contribution in [1.29, 1.82) is 0 Å². The molecule has 1 saturated carbocycles. The van der Waals surface area contributed by atoms with Crippen molar-refractivity contribution in [2.75, 3.05) is 12.0 Å². The summed E-state index contributed by atoms with van der Waals surface area (Å²) < 4.78 is 28.4. The molecule has 2 aromatic carbocycles. The molecule has 1 aliphatic heterocycles. The summed E-state index contributed by atoms with van der Waals surface area (Å²) in [5.74, 6) is -0.727. The minimum atomic E-state index is -3.91. The average Bonchev–Trinajstić information content (AvgIpc) is 2.99. The van der Waals surface area contributed by atoms with E-state index in [4.69, 9.17) is 9.88 Å². The molecule has 35 heavy (non-hydrogen) atoms. The third-order valence-electron chi connectivity index (χ3n) is 6.65. The number of sulfonamides is 1. The number of ether oxygens (including phenoxy) is 1. The first-order chi connectivity index (χ1) is 16.7. The van der Waals surface area contributed by atoms with Gasteiger partial charge in [0.15, 0.2) is 0 Å². The van der Waals surface area contributed by atoms with E-state index in [1.807, 2.05) is 0 Å². The predicted molar refractivity (Wildman–Crippen MR) is 129 cm³/mol. The molecule has 1 atom stereocenters. The van der Waals surface area contributed by atoms with Crippen LogP contribution in [0.5, 0.6) is 5.75 Å². The molecule has 2 aromatic rings. The van der Waals surface area contributed by atoms with Crippen LogP contribution in [0.1, 0.15) is 55.3 Å². The number of hydrogen-bond donors (Lipinski definition) is 1. The Kier molecular flexibility index (Phi) is 7.23. The van der Waals surface area contributed by atoms with Gasteiger partial charge in [-0.25, -0.2) is 18.5 Å². The number of rotatable bonds is 6. The van der Waals surface area contributed by atoms with Gasteiger partial charge in [0.2, 0.25) is 15.9 Å². The van der Waals surface area contributed by atoms with E-state index in [1.54, 1.807) is 29.2 Å². The summed E-state index contributed by atoms with van der Waals surface area (Å²) in [6.45, 7) is 0. The highest BCUT2D eigenvalue weighted by molar-refractivity contribution is 7.89. The van der Waals surface area contributed by atoms with Crippen molar-refractivity contribution < 1.29 is 27.5 Å². The zero-order valence-corrected chi connectivity index (χ0v) is 20.4. The molecule has 2 fully saturated rings. The molecular weight excluding hydrogens is 470 g/mol. The summed E-state index contributed by atoms with van der Waals surface area (Å²) in [4.78, 5) is 42.8. The molecule has 10 heteroatoms. The summed E-state index contributed by atoms with van der Waals surface area (Å²) >= 11 is 0. The van der Waals surface area contributed by atoms with Crippen LogP contribution in [0, 0.1) is 0 Å². The van der Waals surface area contributed by atoms with Crippen LogP contribution in [0.3, 0.4) is 0 Å². The Hall–Kier alpha value is -3.24. The van der Waals surface area contributed by atoms with Gasteiger partial charge in [-0.1, -0.05) is 31.7 Å². The Morgan fingerprint density at radius 3 is 2.29 bits per heavy atom. The van der Waals surface area contributed by atoms with Crippen LogP contribution >= 0.6 is 0 Å². The molecule has 1 saturated heterocycles. The van der Waals surface area contributed by atoms with E-state index >= 15 is 0 Å². The summed E-state index contributed by atoms with van der Waals surface area (Å²) in [5.41, 5.74) is 0.634. The fourth-order valence-electron chi connectivity index (χ4n) is 4.89. The number of carbonyl (C=O) groups excluding carboxylic acids is 3.